The molecule has 0 amide bonds. The van der Waals surface area contributed by atoms with Gasteiger partial charge in [0.05, 0.1) is 0 Å². The predicted molar refractivity (Wildman–Crippen MR) is 52.1 cm³/mol. The van der Waals surface area contributed by atoms with Crippen molar-refractivity contribution in [1.29, 1.82) is 0 Å². The lowest BCUT2D eigenvalue weighted by atomic mass is 10.1. The molecule has 2 aliphatic rings. The highest BCUT2D eigenvalue weighted by atomic mass is 14.8. The van der Waals surface area contributed by atoms with Crippen LogP contribution in [0, 0.1) is 5.92 Å². The fraction of sp³-hybridized carbons (Fsp3) is 0.818. The van der Waals surface area contributed by atoms with Crippen molar-refractivity contribution in [3.05, 3.63) is 11.6 Å². The molecule has 0 atom stereocenters. The van der Waals surface area contributed by atoms with Crippen LogP contribution in [0.4, 0.5) is 0 Å². The van der Waals surface area contributed by atoms with Crippen LogP contribution in [-0.2, 0) is 0 Å². The maximum Gasteiger partial charge on any atom is -0.00116 e. The van der Waals surface area contributed by atoms with Gasteiger partial charge in [0.1, 0.15) is 0 Å². The highest BCUT2D eigenvalue weighted by Gasteiger charge is 2.19. The van der Waals surface area contributed by atoms with E-state index in [4.69, 9.17) is 0 Å². The van der Waals surface area contributed by atoms with E-state index in [1.54, 1.807) is 5.57 Å². The predicted octanol–water partition coefficient (Wildman–Crippen LogP) is 2.49. The number of hydrogen-bond donors (Lipinski definition) is 1. The van der Waals surface area contributed by atoms with Crippen LogP contribution >= 0.6 is 0 Å². The Morgan fingerprint density at radius 2 is 2.17 bits per heavy atom. The van der Waals surface area contributed by atoms with Gasteiger partial charge in [-0.05, 0) is 57.5 Å². The molecule has 1 aliphatic carbocycles. The molecule has 0 radical (unpaired) electrons. The highest BCUT2D eigenvalue weighted by Crippen LogP contribution is 2.33. The zero-order chi connectivity index (χ0) is 8.23. The normalized spacial score (nSPS) is 28.8. The number of hydrogen-bond acceptors (Lipinski definition) is 1. The van der Waals surface area contributed by atoms with Crippen LogP contribution in [-0.4, -0.2) is 13.1 Å². The van der Waals surface area contributed by atoms with E-state index in [0.717, 1.165) is 5.92 Å². The van der Waals surface area contributed by atoms with Crippen LogP contribution in [0.5, 0.6) is 0 Å². The zero-order valence-corrected chi connectivity index (χ0v) is 7.81. The van der Waals surface area contributed by atoms with Gasteiger partial charge in [-0.15, -0.1) is 0 Å². The summed E-state index contributed by atoms with van der Waals surface area (Å²) in [5.41, 5.74) is 1.71. The van der Waals surface area contributed by atoms with Gasteiger partial charge in [-0.2, -0.15) is 0 Å². The van der Waals surface area contributed by atoms with Crippen LogP contribution < -0.4 is 5.32 Å². The molecule has 0 bridgehead atoms. The van der Waals surface area contributed by atoms with E-state index in [0.29, 0.717) is 0 Å². The van der Waals surface area contributed by atoms with Crippen LogP contribution in [0.15, 0.2) is 11.6 Å². The van der Waals surface area contributed by atoms with Crippen molar-refractivity contribution in [2.24, 2.45) is 5.92 Å². The maximum absolute atomic E-state index is 3.44. The molecule has 0 aromatic carbocycles. The average Bonchev–Trinajstić information content (AvgIpc) is 2.90. The van der Waals surface area contributed by atoms with E-state index in [-0.39, 0.29) is 0 Å². The molecule has 1 nitrogen and oxygen atoms in total. The quantitative estimate of drug-likeness (QED) is 0.620. The van der Waals surface area contributed by atoms with Crippen molar-refractivity contribution in [3.63, 3.8) is 0 Å². The van der Waals surface area contributed by atoms with Crippen molar-refractivity contribution in [2.75, 3.05) is 13.1 Å². The first-order valence-corrected chi connectivity index (χ1v) is 5.34. The van der Waals surface area contributed by atoms with Crippen LogP contribution in [0.2, 0.25) is 0 Å². The Labute approximate surface area is 75.2 Å². The van der Waals surface area contributed by atoms with Crippen molar-refractivity contribution < 1.29 is 0 Å². The van der Waals surface area contributed by atoms with E-state index in [2.05, 4.69) is 11.4 Å². The van der Waals surface area contributed by atoms with Crippen LogP contribution in [0.25, 0.3) is 0 Å². The monoisotopic (exact) mass is 165 g/mol. The minimum atomic E-state index is 1.06. The summed E-state index contributed by atoms with van der Waals surface area (Å²) in [4.78, 5) is 0. The molecular formula is C11H19N. The molecule has 1 saturated heterocycles. The third-order valence-corrected chi connectivity index (χ3v) is 2.91. The second-order valence-electron chi connectivity index (χ2n) is 4.15. The SMILES string of the molecule is C(/CC1CC1)=C1\CCCNCC1. The molecule has 1 heterocycles. The Morgan fingerprint density at radius 3 is 3.00 bits per heavy atom. The largest absolute Gasteiger partial charge is 0.316 e. The number of nitrogens with one attached hydrogen (secondary N) is 1. The Kier molecular flexibility index (Phi) is 2.83. The number of allylic oxidation sites excluding steroid dienone is 1. The fourth-order valence-corrected chi connectivity index (χ4v) is 1.83. The van der Waals surface area contributed by atoms with E-state index >= 15 is 0 Å². The Morgan fingerprint density at radius 1 is 1.25 bits per heavy atom. The summed E-state index contributed by atoms with van der Waals surface area (Å²) in [5, 5.41) is 3.44. The molecule has 1 aliphatic heterocycles. The summed E-state index contributed by atoms with van der Waals surface area (Å²) < 4.78 is 0. The molecule has 0 aromatic heterocycles. The standard InChI is InChI=1S/C11H19N/c1-2-10(7-9-12-8-1)3-4-11-5-6-11/h3,11-12H,1-2,4-9H2/b10-3-. The fourth-order valence-electron chi connectivity index (χ4n) is 1.83. The molecule has 0 unspecified atom stereocenters. The Hall–Kier alpha value is -0.300. The smallest absolute Gasteiger partial charge is 0.00116 e. The van der Waals surface area contributed by atoms with E-state index in [9.17, 15) is 0 Å². The summed E-state index contributed by atoms with van der Waals surface area (Å²) in [7, 11) is 0. The van der Waals surface area contributed by atoms with Gasteiger partial charge in [0, 0.05) is 0 Å². The second-order valence-corrected chi connectivity index (χ2v) is 4.15. The van der Waals surface area contributed by atoms with Gasteiger partial charge in [-0.3, -0.25) is 0 Å². The Bertz CT molecular complexity index is 158. The van der Waals surface area contributed by atoms with Crippen molar-refractivity contribution in [1.82, 2.24) is 5.32 Å². The molecule has 12 heavy (non-hydrogen) atoms. The second kappa shape index (κ2) is 4.08. The third-order valence-electron chi connectivity index (χ3n) is 2.91. The summed E-state index contributed by atoms with van der Waals surface area (Å²) >= 11 is 0. The maximum atomic E-state index is 3.44. The molecule has 1 N–H and O–H groups in total. The molecule has 0 spiro atoms. The molecule has 2 fully saturated rings. The zero-order valence-electron chi connectivity index (χ0n) is 7.81. The minimum absolute atomic E-state index is 1.06. The van der Waals surface area contributed by atoms with Gasteiger partial charge in [-0.25, -0.2) is 0 Å². The minimum Gasteiger partial charge on any atom is -0.316 e. The van der Waals surface area contributed by atoms with Crippen molar-refractivity contribution in [2.45, 2.75) is 38.5 Å². The average molecular weight is 165 g/mol. The summed E-state index contributed by atoms with van der Waals surface area (Å²) in [6, 6.07) is 0. The van der Waals surface area contributed by atoms with Gasteiger partial charge in [0.2, 0.25) is 0 Å². The van der Waals surface area contributed by atoms with Crippen molar-refractivity contribution in [3.8, 4) is 0 Å². The third kappa shape index (κ3) is 2.63. The summed E-state index contributed by atoms with van der Waals surface area (Å²) in [5.74, 6) is 1.06. The van der Waals surface area contributed by atoms with Gasteiger partial charge in [-0.1, -0.05) is 11.6 Å². The lowest BCUT2D eigenvalue weighted by molar-refractivity contribution is 0.703. The molecular weight excluding hydrogens is 146 g/mol. The van der Waals surface area contributed by atoms with Gasteiger partial charge in [0.15, 0.2) is 0 Å². The molecule has 0 aromatic rings. The molecule has 1 saturated carbocycles. The Balaban J connectivity index is 1.78. The van der Waals surface area contributed by atoms with Crippen molar-refractivity contribution >= 4 is 0 Å². The van der Waals surface area contributed by atoms with Crippen LogP contribution in [0.1, 0.15) is 38.5 Å². The lowest BCUT2D eigenvalue weighted by Crippen LogP contribution is -2.13. The van der Waals surface area contributed by atoms with E-state index in [1.165, 1.54) is 51.6 Å². The summed E-state index contributed by atoms with van der Waals surface area (Å²) in [6.45, 7) is 2.43. The number of rotatable bonds is 2. The first kappa shape index (κ1) is 8.31. The molecule has 1 heteroatoms. The first-order chi connectivity index (χ1) is 5.95. The van der Waals surface area contributed by atoms with Gasteiger partial charge in [0.25, 0.3) is 0 Å². The highest BCUT2D eigenvalue weighted by molar-refractivity contribution is 5.05. The van der Waals surface area contributed by atoms with Gasteiger partial charge >= 0.3 is 0 Å². The molecule has 2 rings (SSSR count). The van der Waals surface area contributed by atoms with E-state index in [1.807, 2.05) is 0 Å². The van der Waals surface area contributed by atoms with E-state index < -0.39 is 0 Å². The lowest BCUT2D eigenvalue weighted by Gasteiger charge is -2.00. The van der Waals surface area contributed by atoms with Crippen LogP contribution in [0.3, 0.4) is 0 Å². The molecule has 68 valence electrons. The topological polar surface area (TPSA) is 12.0 Å². The summed E-state index contributed by atoms with van der Waals surface area (Å²) in [6.07, 6.45) is 10.9. The van der Waals surface area contributed by atoms with Gasteiger partial charge < -0.3 is 5.32 Å². The first-order valence-electron chi connectivity index (χ1n) is 5.34.